The van der Waals surface area contributed by atoms with E-state index in [1.54, 1.807) is 12.1 Å². The van der Waals surface area contributed by atoms with E-state index in [0.717, 1.165) is 5.56 Å². The standard InChI is InChI=1S/C19H16ClNO4/c1-24-18(22)16-12-14(9-10-17(16)20)8-5-11-21-19(23)25-13-15-6-3-2-4-7-15/h2-4,6-7,9-10,12H,11,13H2,1H3,(H,21,23). The maximum Gasteiger partial charge on any atom is 0.408 e. The zero-order valence-corrected chi connectivity index (χ0v) is 14.3. The highest BCUT2D eigenvalue weighted by atomic mass is 35.5. The summed E-state index contributed by atoms with van der Waals surface area (Å²) < 4.78 is 9.71. The van der Waals surface area contributed by atoms with Crippen LogP contribution in [0.5, 0.6) is 0 Å². The van der Waals surface area contributed by atoms with Gasteiger partial charge in [-0.05, 0) is 23.8 Å². The van der Waals surface area contributed by atoms with Crippen molar-refractivity contribution in [3.8, 4) is 11.8 Å². The first kappa shape index (κ1) is 18.4. The van der Waals surface area contributed by atoms with Gasteiger partial charge in [-0.3, -0.25) is 0 Å². The largest absolute Gasteiger partial charge is 0.465 e. The molecule has 0 heterocycles. The number of ether oxygens (including phenoxy) is 2. The molecule has 0 saturated heterocycles. The number of benzene rings is 2. The summed E-state index contributed by atoms with van der Waals surface area (Å²) in [6.07, 6.45) is -0.551. The molecule has 128 valence electrons. The molecule has 2 rings (SSSR count). The van der Waals surface area contributed by atoms with Gasteiger partial charge in [0.1, 0.15) is 6.61 Å². The summed E-state index contributed by atoms with van der Waals surface area (Å²) in [5.41, 5.74) is 1.73. The molecule has 0 unspecified atom stereocenters. The van der Waals surface area contributed by atoms with Gasteiger partial charge in [0.2, 0.25) is 0 Å². The molecule has 0 aliphatic rings. The van der Waals surface area contributed by atoms with Crippen molar-refractivity contribution in [1.82, 2.24) is 5.32 Å². The number of carbonyl (C=O) groups excluding carboxylic acids is 2. The first-order chi connectivity index (χ1) is 12.1. The summed E-state index contributed by atoms with van der Waals surface area (Å²) in [5.74, 6) is 5.08. The van der Waals surface area contributed by atoms with Gasteiger partial charge in [-0.1, -0.05) is 53.8 Å². The fourth-order valence-electron chi connectivity index (χ4n) is 1.91. The minimum atomic E-state index is -0.551. The van der Waals surface area contributed by atoms with Crippen LogP contribution < -0.4 is 5.32 Å². The third kappa shape index (κ3) is 5.87. The number of amides is 1. The van der Waals surface area contributed by atoms with E-state index in [2.05, 4.69) is 21.9 Å². The highest BCUT2D eigenvalue weighted by Gasteiger charge is 2.10. The second-order valence-corrected chi connectivity index (χ2v) is 5.31. The maximum absolute atomic E-state index is 11.6. The maximum atomic E-state index is 11.6. The number of nitrogens with one attached hydrogen (secondary N) is 1. The highest BCUT2D eigenvalue weighted by Crippen LogP contribution is 2.18. The molecule has 0 aromatic heterocycles. The molecule has 0 atom stereocenters. The Hall–Kier alpha value is -2.97. The lowest BCUT2D eigenvalue weighted by molar-refractivity contribution is 0.0601. The van der Waals surface area contributed by atoms with Crippen LogP contribution in [-0.2, 0) is 16.1 Å². The number of methoxy groups -OCH3 is 1. The van der Waals surface area contributed by atoms with Gasteiger partial charge in [0.25, 0.3) is 0 Å². The summed E-state index contributed by atoms with van der Waals surface area (Å²) in [6.45, 7) is 0.309. The van der Waals surface area contributed by atoms with Gasteiger partial charge in [0.05, 0.1) is 24.2 Å². The lowest BCUT2D eigenvalue weighted by Crippen LogP contribution is -2.24. The summed E-state index contributed by atoms with van der Waals surface area (Å²) in [4.78, 5) is 23.1. The fraction of sp³-hybridized carbons (Fsp3) is 0.158. The molecule has 0 bridgehead atoms. The molecule has 2 aromatic carbocycles. The van der Waals surface area contributed by atoms with Gasteiger partial charge < -0.3 is 14.8 Å². The normalized spacial score (nSPS) is 9.52. The summed E-state index contributed by atoms with van der Waals surface area (Å²) >= 11 is 5.94. The van der Waals surface area contributed by atoms with E-state index >= 15 is 0 Å². The first-order valence-corrected chi connectivity index (χ1v) is 7.79. The number of halogens is 1. The molecule has 1 amide bonds. The van der Waals surface area contributed by atoms with Crippen molar-refractivity contribution in [1.29, 1.82) is 0 Å². The molecule has 0 spiro atoms. The van der Waals surface area contributed by atoms with E-state index in [1.807, 2.05) is 30.3 Å². The van der Waals surface area contributed by atoms with Crippen molar-refractivity contribution < 1.29 is 19.1 Å². The third-order valence-electron chi connectivity index (χ3n) is 3.14. The fourth-order valence-corrected chi connectivity index (χ4v) is 2.10. The zero-order chi connectivity index (χ0) is 18.1. The van der Waals surface area contributed by atoms with Gasteiger partial charge in [-0.2, -0.15) is 0 Å². The molecule has 5 nitrogen and oxygen atoms in total. The molecule has 0 saturated carbocycles. The number of rotatable bonds is 4. The van der Waals surface area contributed by atoms with Gasteiger partial charge in [0.15, 0.2) is 0 Å². The number of carbonyl (C=O) groups is 2. The van der Waals surface area contributed by atoms with Gasteiger partial charge in [-0.25, -0.2) is 9.59 Å². The van der Waals surface area contributed by atoms with Gasteiger partial charge in [0, 0.05) is 5.56 Å². The minimum Gasteiger partial charge on any atom is -0.465 e. The van der Waals surface area contributed by atoms with Crippen molar-refractivity contribution in [3.05, 3.63) is 70.2 Å². The second-order valence-electron chi connectivity index (χ2n) is 4.90. The smallest absolute Gasteiger partial charge is 0.408 e. The molecular formula is C19H16ClNO4. The van der Waals surface area contributed by atoms with Crippen LogP contribution in [-0.4, -0.2) is 25.7 Å². The van der Waals surface area contributed by atoms with Crippen LogP contribution in [0.2, 0.25) is 5.02 Å². The zero-order valence-electron chi connectivity index (χ0n) is 13.5. The summed E-state index contributed by atoms with van der Waals surface area (Å²) in [7, 11) is 1.28. The lowest BCUT2D eigenvalue weighted by Gasteiger charge is -2.04. The topological polar surface area (TPSA) is 64.6 Å². The van der Waals surface area contributed by atoms with Crippen molar-refractivity contribution in [2.45, 2.75) is 6.61 Å². The molecule has 2 aromatic rings. The monoisotopic (exact) mass is 357 g/mol. The Balaban J connectivity index is 1.84. The van der Waals surface area contributed by atoms with E-state index in [0.29, 0.717) is 10.6 Å². The molecule has 6 heteroatoms. The Bertz CT molecular complexity index is 809. The quantitative estimate of drug-likeness (QED) is 0.672. The number of hydrogen-bond acceptors (Lipinski definition) is 4. The SMILES string of the molecule is COC(=O)c1cc(C#CCNC(=O)OCc2ccccc2)ccc1Cl. The van der Waals surface area contributed by atoms with Gasteiger partial charge in [-0.15, -0.1) is 0 Å². The predicted molar refractivity (Wildman–Crippen MR) is 94.3 cm³/mol. The van der Waals surface area contributed by atoms with Crippen LogP contribution in [0.15, 0.2) is 48.5 Å². The van der Waals surface area contributed by atoms with Crippen molar-refractivity contribution in [2.24, 2.45) is 0 Å². The van der Waals surface area contributed by atoms with Crippen LogP contribution in [0.1, 0.15) is 21.5 Å². The van der Waals surface area contributed by atoms with Crippen LogP contribution in [0.4, 0.5) is 4.79 Å². The van der Waals surface area contributed by atoms with Crippen LogP contribution in [0.25, 0.3) is 0 Å². The number of esters is 1. The Morgan fingerprint density at radius 2 is 1.92 bits per heavy atom. The first-order valence-electron chi connectivity index (χ1n) is 7.41. The highest BCUT2D eigenvalue weighted by molar-refractivity contribution is 6.33. The van der Waals surface area contributed by atoms with Crippen molar-refractivity contribution in [3.63, 3.8) is 0 Å². The van der Waals surface area contributed by atoms with Crippen LogP contribution in [0.3, 0.4) is 0 Å². The Morgan fingerprint density at radius 1 is 1.16 bits per heavy atom. The molecular weight excluding hydrogens is 342 g/mol. The van der Waals surface area contributed by atoms with Crippen molar-refractivity contribution in [2.75, 3.05) is 13.7 Å². The number of alkyl carbamates (subject to hydrolysis) is 1. The Kier molecular flexibility index (Phi) is 6.87. The summed E-state index contributed by atoms with van der Waals surface area (Å²) in [5, 5.41) is 2.82. The van der Waals surface area contributed by atoms with E-state index in [1.165, 1.54) is 13.2 Å². The minimum absolute atomic E-state index is 0.115. The average molecular weight is 358 g/mol. The van der Waals surface area contributed by atoms with Crippen LogP contribution >= 0.6 is 11.6 Å². The Labute approximate surface area is 150 Å². The average Bonchev–Trinajstić information content (AvgIpc) is 2.65. The molecule has 0 fully saturated rings. The molecule has 25 heavy (non-hydrogen) atoms. The van der Waals surface area contributed by atoms with E-state index in [-0.39, 0.29) is 18.7 Å². The second kappa shape index (κ2) is 9.36. The van der Waals surface area contributed by atoms with E-state index in [4.69, 9.17) is 16.3 Å². The van der Waals surface area contributed by atoms with Crippen LogP contribution in [0, 0.1) is 11.8 Å². The molecule has 0 aliphatic carbocycles. The number of hydrogen-bond donors (Lipinski definition) is 1. The van der Waals surface area contributed by atoms with E-state index in [9.17, 15) is 9.59 Å². The molecule has 0 aliphatic heterocycles. The third-order valence-corrected chi connectivity index (χ3v) is 3.47. The molecule has 1 N–H and O–H groups in total. The Morgan fingerprint density at radius 3 is 2.64 bits per heavy atom. The van der Waals surface area contributed by atoms with E-state index < -0.39 is 12.1 Å². The molecule has 0 radical (unpaired) electrons. The lowest BCUT2D eigenvalue weighted by atomic mass is 10.1. The van der Waals surface area contributed by atoms with Gasteiger partial charge >= 0.3 is 12.1 Å². The summed E-state index contributed by atoms with van der Waals surface area (Å²) in [6, 6.07) is 14.2. The van der Waals surface area contributed by atoms with Crippen molar-refractivity contribution >= 4 is 23.7 Å². The predicted octanol–water partition coefficient (Wildman–Crippen LogP) is 3.40.